The molecule has 0 aromatic carbocycles. The molecule has 0 aromatic rings. The summed E-state index contributed by atoms with van der Waals surface area (Å²) in [5.41, 5.74) is 0. The van der Waals surface area contributed by atoms with Crippen LogP contribution >= 0.6 is 11.8 Å². The number of rotatable bonds is 3. The highest BCUT2D eigenvalue weighted by atomic mass is 32.2. The molecule has 2 heterocycles. The van der Waals surface area contributed by atoms with Crippen molar-refractivity contribution in [1.29, 1.82) is 0 Å². The fourth-order valence-electron chi connectivity index (χ4n) is 3.63. The van der Waals surface area contributed by atoms with Crippen LogP contribution in [0, 0.1) is 5.92 Å². The van der Waals surface area contributed by atoms with E-state index in [0.717, 1.165) is 5.92 Å². The van der Waals surface area contributed by atoms with Crippen LogP contribution in [0.15, 0.2) is 4.99 Å². The van der Waals surface area contributed by atoms with E-state index in [1.165, 1.54) is 69.1 Å². The van der Waals surface area contributed by atoms with E-state index in [4.69, 9.17) is 4.99 Å². The Morgan fingerprint density at radius 3 is 2.89 bits per heavy atom. The van der Waals surface area contributed by atoms with Crippen molar-refractivity contribution in [3.05, 3.63) is 0 Å². The van der Waals surface area contributed by atoms with E-state index in [-0.39, 0.29) is 0 Å². The maximum absolute atomic E-state index is 4.95. The van der Waals surface area contributed by atoms with Gasteiger partial charge in [-0.05, 0) is 44.6 Å². The van der Waals surface area contributed by atoms with Gasteiger partial charge in [0.15, 0.2) is 5.17 Å². The van der Waals surface area contributed by atoms with Crippen molar-refractivity contribution >= 4 is 16.9 Å². The first-order valence-corrected chi connectivity index (χ1v) is 9.03. The number of fused-ring (bicyclic) bond motifs is 1. The number of hydrogen-bond donors (Lipinski definition) is 1. The van der Waals surface area contributed by atoms with Crippen LogP contribution in [-0.4, -0.2) is 47.5 Å². The molecule has 2 atom stereocenters. The number of amidine groups is 1. The molecule has 3 nitrogen and oxygen atoms in total. The number of thioether (sulfide) groups is 1. The Morgan fingerprint density at radius 2 is 2.11 bits per heavy atom. The predicted octanol–water partition coefficient (Wildman–Crippen LogP) is 2.72. The van der Waals surface area contributed by atoms with Gasteiger partial charge in [0.2, 0.25) is 0 Å². The molecule has 0 spiro atoms. The number of aliphatic imine (C=N–C) groups is 1. The van der Waals surface area contributed by atoms with Gasteiger partial charge in [0.25, 0.3) is 0 Å². The summed E-state index contributed by atoms with van der Waals surface area (Å²) in [6.07, 6.45) is 7.97. The second-order valence-corrected chi connectivity index (χ2v) is 7.27. The average Bonchev–Trinajstić information content (AvgIpc) is 2.89. The lowest BCUT2D eigenvalue weighted by molar-refractivity contribution is 0.207. The van der Waals surface area contributed by atoms with Crippen LogP contribution in [0.5, 0.6) is 0 Å². The lowest BCUT2D eigenvalue weighted by Gasteiger charge is -2.34. The Balaban J connectivity index is 1.47. The van der Waals surface area contributed by atoms with Crippen LogP contribution in [-0.2, 0) is 0 Å². The molecule has 3 rings (SSSR count). The van der Waals surface area contributed by atoms with E-state index < -0.39 is 0 Å². The third-order valence-corrected chi connectivity index (χ3v) is 5.88. The molecule has 3 aliphatic rings. The van der Waals surface area contributed by atoms with Crippen LogP contribution in [0.4, 0.5) is 0 Å². The predicted molar refractivity (Wildman–Crippen MR) is 83.9 cm³/mol. The minimum absolute atomic E-state index is 0.643. The van der Waals surface area contributed by atoms with E-state index in [2.05, 4.69) is 17.1 Å². The van der Waals surface area contributed by atoms with Crippen LogP contribution < -0.4 is 5.32 Å². The molecular formula is C15H27N3S. The summed E-state index contributed by atoms with van der Waals surface area (Å²) in [5.74, 6) is 2.17. The van der Waals surface area contributed by atoms with E-state index >= 15 is 0 Å². The Labute approximate surface area is 121 Å². The number of nitrogens with one attached hydrogen (secondary N) is 1. The average molecular weight is 281 g/mol. The topological polar surface area (TPSA) is 27.6 Å². The summed E-state index contributed by atoms with van der Waals surface area (Å²) in [5, 5.41) is 4.97. The molecule has 1 N–H and O–H groups in total. The van der Waals surface area contributed by atoms with Crippen LogP contribution in [0.1, 0.15) is 45.4 Å². The van der Waals surface area contributed by atoms with Crippen molar-refractivity contribution < 1.29 is 0 Å². The Bertz CT molecular complexity index is 323. The molecular weight excluding hydrogens is 254 g/mol. The van der Waals surface area contributed by atoms with E-state index in [1.54, 1.807) is 0 Å². The third-order valence-electron chi connectivity index (χ3n) is 4.79. The second-order valence-electron chi connectivity index (χ2n) is 6.26. The zero-order valence-corrected chi connectivity index (χ0v) is 12.9. The van der Waals surface area contributed by atoms with Gasteiger partial charge in [-0.3, -0.25) is 4.99 Å². The summed E-state index contributed by atoms with van der Waals surface area (Å²) in [6, 6.07) is 1.31. The molecule has 0 aromatic heterocycles. The molecule has 4 heteroatoms. The van der Waals surface area contributed by atoms with Crippen molar-refractivity contribution in [1.82, 2.24) is 10.2 Å². The van der Waals surface area contributed by atoms with Gasteiger partial charge in [0.1, 0.15) is 0 Å². The van der Waals surface area contributed by atoms with Crippen molar-refractivity contribution in [2.75, 3.05) is 25.4 Å². The van der Waals surface area contributed by atoms with E-state index in [1.807, 2.05) is 11.8 Å². The smallest absolute Gasteiger partial charge is 0.157 e. The summed E-state index contributed by atoms with van der Waals surface area (Å²) < 4.78 is 0. The first-order chi connectivity index (χ1) is 9.35. The molecule has 108 valence electrons. The SMILES string of the molecule is CCCN1CCC(NC2=NC3CCCC3CS2)CC1. The first kappa shape index (κ1) is 13.7. The van der Waals surface area contributed by atoms with Gasteiger partial charge in [0, 0.05) is 24.9 Å². The van der Waals surface area contributed by atoms with Gasteiger partial charge in [-0.25, -0.2) is 0 Å². The summed E-state index contributed by atoms with van der Waals surface area (Å²) in [6.45, 7) is 6.06. The fourth-order valence-corrected chi connectivity index (χ4v) is 4.85. The fraction of sp³-hybridized carbons (Fsp3) is 0.933. The summed E-state index contributed by atoms with van der Waals surface area (Å²) in [4.78, 5) is 7.55. The molecule has 0 radical (unpaired) electrons. The zero-order chi connectivity index (χ0) is 13.1. The van der Waals surface area contributed by atoms with Gasteiger partial charge in [0.05, 0.1) is 6.04 Å². The van der Waals surface area contributed by atoms with Crippen molar-refractivity contribution in [2.45, 2.75) is 57.5 Å². The minimum Gasteiger partial charge on any atom is -0.362 e. The highest BCUT2D eigenvalue weighted by Crippen LogP contribution is 2.35. The maximum atomic E-state index is 4.95. The normalized spacial score (nSPS) is 33.0. The third kappa shape index (κ3) is 3.46. The largest absolute Gasteiger partial charge is 0.362 e. The summed E-state index contributed by atoms with van der Waals surface area (Å²) in [7, 11) is 0. The minimum atomic E-state index is 0.643. The molecule has 2 fully saturated rings. The van der Waals surface area contributed by atoms with Gasteiger partial charge < -0.3 is 10.2 Å². The van der Waals surface area contributed by atoms with Gasteiger partial charge >= 0.3 is 0 Å². The molecule has 19 heavy (non-hydrogen) atoms. The number of hydrogen-bond acceptors (Lipinski definition) is 4. The Kier molecular flexibility index (Phi) is 4.69. The lowest BCUT2D eigenvalue weighted by atomic mass is 10.1. The molecule has 1 saturated carbocycles. The second kappa shape index (κ2) is 6.49. The first-order valence-electron chi connectivity index (χ1n) is 8.04. The van der Waals surface area contributed by atoms with Crippen LogP contribution in [0.3, 0.4) is 0 Å². The maximum Gasteiger partial charge on any atom is 0.157 e. The van der Waals surface area contributed by atoms with Gasteiger partial charge in [-0.1, -0.05) is 25.1 Å². The van der Waals surface area contributed by atoms with E-state index in [9.17, 15) is 0 Å². The highest BCUT2D eigenvalue weighted by Gasteiger charge is 2.31. The lowest BCUT2D eigenvalue weighted by Crippen LogP contribution is -2.45. The highest BCUT2D eigenvalue weighted by molar-refractivity contribution is 8.13. The van der Waals surface area contributed by atoms with Crippen LogP contribution in [0.2, 0.25) is 0 Å². The van der Waals surface area contributed by atoms with Crippen LogP contribution in [0.25, 0.3) is 0 Å². The van der Waals surface area contributed by atoms with Crippen molar-refractivity contribution in [3.8, 4) is 0 Å². The van der Waals surface area contributed by atoms with Crippen molar-refractivity contribution in [2.24, 2.45) is 10.9 Å². The Morgan fingerprint density at radius 1 is 1.26 bits per heavy atom. The number of likely N-dealkylation sites (tertiary alicyclic amines) is 1. The molecule has 0 amide bonds. The number of piperidine rings is 1. The molecule has 2 unspecified atom stereocenters. The molecule has 0 bridgehead atoms. The molecule has 1 saturated heterocycles. The zero-order valence-electron chi connectivity index (χ0n) is 12.1. The van der Waals surface area contributed by atoms with Crippen molar-refractivity contribution in [3.63, 3.8) is 0 Å². The van der Waals surface area contributed by atoms with E-state index in [0.29, 0.717) is 12.1 Å². The van der Waals surface area contributed by atoms with Gasteiger partial charge in [-0.2, -0.15) is 0 Å². The monoisotopic (exact) mass is 281 g/mol. The number of nitrogens with zero attached hydrogens (tertiary/aromatic N) is 2. The Hall–Kier alpha value is -0.220. The van der Waals surface area contributed by atoms with Gasteiger partial charge in [-0.15, -0.1) is 0 Å². The quantitative estimate of drug-likeness (QED) is 0.862. The molecule has 1 aliphatic carbocycles. The summed E-state index contributed by atoms with van der Waals surface area (Å²) >= 11 is 1.97. The molecule has 2 aliphatic heterocycles. The standard InChI is InChI=1S/C15H27N3S/c1-2-8-18-9-6-13(7-10-18)16-15-17-14-5-3-4-12(14)11-19-15/h12-14H,2-11H2,1H3,(H,16,17).